The van der Waals surface area contributed by atoms with Gasteiger partial charge in [0.15, 0.2) is 0 Å². The van der Waals surface area contributed by atoms with Gasteiger partial charge in [-0.05, 0) is 23.8 Å². The van der Waals surface area contributed by atoms with E-state index in [4.69, 9.17) is 11.6 Å². The summed E-state index contributed by atoms with van der Waals surface area (Å²) in [5.41, 5.74) is 2.15. The van der Waals surface area contributed by atoms with E-state index in [1.54, 1.807) is 6.20 Å². The Bertz CT molecular complexity index is 390. The van der Waals surface area contributed by atoms with Crippen molar-refractivity contribution in [2.45, 2.75) is 5.88 Å². The van der Waals surface area contributed by atoms with Crippen LogP contribution in [0.5, 0.6) is 0 Å². The number of hydrogen-bond acceptors (Lipinski definition) is 1. The molecule has 2 N–H and O–H groups in total. The lowest BCUT2D eigenvalue weighted by Crippen LogP contribution is -1.94. The molecule has 1 aromatic heterocycles. The second-order valence-electron chi connectivity index (χ2n) is 2.75. The van der Waals surface area contributed by atoms with Crippen molar-refractivity contribution in [2.24, 2.45) is 0 Å². The molecule has 1 aromatic carbocycles. The topological polar surface area (TPSA) is 49.3 Å². The fourth-order valence-corrected chi connectivity index (χ4v) is 1.37. The van der Waals surface area contributed by atoms with Crippen molar-refractivity contribution in [2.75, 3.05) is 0 Å². The predicted molar refractivity (Wildman–Crippen MR) is 64.0 cm³/mol. The molecule has 82 valence electrons. The van der Waals surface area contributed by atoms with E-state index < -0.39 is 0 Å². The number of hydrogen-bond donors (Lipinski definition) is 0. The Labute approximate surface area is 99.4 Å². The zero-order valence-electron chi connectivity index (χ0n) is 7.93. The van der Waals surface area contributed by atoms with Gasteiger partial charge in [-0.2, -0.15) is 5.10 Å². The standard InChI is InChI=1S/C10H9ClN2.ClH.H2O/c11-8-9-3-1-4-10(7-9)13-6-2-5-12-13;;/h1-7H,8H2;1H;1H2. The molecular weight excluding hydrogens is 235 g/mol. The summed E-state index contributed by atoms with van der Waals surface area (Å²) in [6.45, 7) is 0. The molecule has 0 aliphatic rings. The van der Waals surface area contributed by atoms with E-state index in [9.17, 15) is 0 Å². The molecule has 0 radical (unpaired) electrons. The van der Waals surface area contributed by atoms with Gasteiger partial charge in [-0.15, -0.1) is 24.0 Å². The summed E-state index contributed by atoms with van der Waals surface area (Å²) in [6.07, 6.45) is 3.67. The Balaban J connectivity index is 0.000000980. The van der Waals surface area contributed by atoms with Crippen LogP contribution < -0.4 is 0 Å². The van der Waals surface area contributed by atoms with Crippen LogP contribution in [-0.4, -0.2) is 15.3 Å². The van der Waals surface area contributed by atoms with E-state index in [0.29, 0.717) is 5.88 Å². The summed E-state index contributed by atoms with van der Waals surface area (Å²) in [7, 11) is 0. The van der Waals surface area contributed by atoms with E-state index in [1.807, 2.05) is 41.2 Å². The average Bonchev–Trinajstić information content (AvgIpc) is 2.71. The molecule has 0 saturated heterocycles. The lowest BCUT2D eigenvalue weighted by atomic mass is 10.2. The van der Waals surface area contributed by atoms with Crippen LogP contribution in [0.15, 0.2) is 42.7 Å². The highest BCUT2D eigenvalue weighted by atomic mass is 35.5. The number of nitrogens with zero attached hydrogens (tertiary/aromatic N) is 2. The van der Waals surface area contributed by atoms with Crippen molar-refractivity contribution in [3.8, 4) is 5.69 Å². The maximum Gasteiger partial charge on any atom is 0.0648 e. The Morgan fingerprint density at radius 2 is 2.07 bits per heavy atom. The van der Waals surface area contributed by atoms with E-state index in [1.165, 1.54) is 0 Å². The fraction of sp³-hybridized carbons (Fsp3) is 0.100. The molecule has 5 heteroatoms. The third kappa shape index (κ3) is 3.23. The van der Waals surface area contributed by atoms with Crippen LogP contribution in [0.4, 0.5) is 0 Å². The molecular formula is C10H12Cl2N2O. The largest absolute Gasteiger partial charge is 0.412 e. The van der Waals surface area contributed by atoms with Gasteiger partial charge >= 0.3 is 0 Å². The lowest BCUT2D eigenvalue weighted by molar-refractivity contribution is 0.824. The fourth-order valence-electron chi connectivity index (χ4n) is 1.20. The third-order valence-corrected chi connectivity index (χ3v) is 2.14. The molecule has 0 atom stereocenters. The van der Waals surface area contributed by atoms with Gasteiger partial charge < -0.3 is 5.48 Å². The van der Waals surface area contributed by atoms with Crippen LogP contribution in [0, 0.1) is 0 Å². The first-order valence-corrected chi connectivity index (χ1v) is 4.58. The van der Waals surface area contributed by atoms with Crippen LogP contribution in [0.25, 0.3) is 5.69 Å². The second kappa shape index (κ2) is 6.45. The van der Waals surface area contributed by atoms with Gasteiger partial charge in [0, 0.05) is 18.3 Å². The highest BCUT2D eigenvalue weighted by molar-refractivity contribution is 6.17. The molecule has 0 saturated carbocycles. The Hall–Kier alpha value is -1.03. The van der Waals surface area contributed by atoms with Crippen molar-refractivity contribution in [1.82, 2.24) is 9.78 Å². The molecule has 2 rings (SSSR count). The molecule has 0 fully saturated rings. The Kier molecular flexibility index (Phi) is 6.01. The Morgan fingerprint density at radius 1 is 1.27 bits per heavy atom. The predicted octanol–water partition coefficient (Wildman–Crippen LogP) is 2.21. The molecule has 15 heavy (non-hydrogen) atoms. The second-order valence-corrected chi connectivity index (χ2v) is 3.02. The summed E-state index contributed by atoms with van der Waals surface area (Å²) in [4.78, 5) is 0. The highest BCUT2D eigenvalue weighted by Crippen LogP contribution is 2.10. The maximum absolute atomic E-state index is 5.73. The first-order chi connectivity index (χ1) is 6.40. The van der Waals surface area contributed by atoms with E-state index in [2.05, 4.69) is 5.10 Å². The van der Waals surface area contributed by atoms with Gasteiger partial charge in [-0.1, -0.05) is 12.1 Å². The van der Waals surface area contributed by atoms with Gasteiger partial charge in [0.25, 0.3) is 0 Å². The van der Waals surface area contributed by atoms with Crippen LogP contribution >= 0.6 is 24.0 Å². The van der Waals surface area contributed by atoms with E-state index in [0.717, 1.165) is 11.3 Å². The van der Waals surface area contributed by atoms with Gasteiger partial charge in [0.2, 0.25) is 0 Å². The summed E-state index contributed by atoms with van der Waals surface area (Å²) in [6, 6.07) is 9.91. The normalized spacial score (nSPS) is 8.87. The molecule has 0 aliphatic heterocycles. The molecule has 0 spiro atoms. The molecule has 0 bridgehead atoms. The molecule has 0 aliphatic carbocycles. The highest BCUT2D eigenvalue weighted by Gasteiger charge is 1.96. The van der Waals surface area contributed by atoms with Gasteiger partial charge in [0.05, 0.1) is 5.69 Å². The summed E-state index contributed by atoms with van der Waals surface area (Å²) < 4.78 is 1.82. The summed E-state index contributed by atoms with van der Waals surface area (Å²) in [5, 5.41) is 4.14. The van der Waals surface area contributed by atoms with E-state index >= 15 is 0 Å². The molecule has 2 aromatic rings. The maximum atomic E-state index is 5.73. The summed E-state index contributed by atoms with van der Waals surface area (Å²) in [5.74, 6) is 0.537. The minimum absolute atomic E-state index is 0. The number of alkyl halides is 1. The zero-order valence-corrected chi connectivity index (χ0v) is 9.50. The molecule has 0 amide bonds. The monoisotopic (exact) mass is 246 g/mol. The zero-order chi connectivity index (χ0) is 9.10. The van der Waals surface area contributed by atoms with Gasteiger partial charge in [-0.3, -0.25) is 0 Å². The van der Waals surface area contributed by atoms with Crippen molar-refractivity contribution in [3.05, 3.63) is 48.3 Å². The number of benzene rings is 1. The van der Waals surface area contributed by atoms with Gasteiger partial charge in [-0.25, -0.2) is 4.68 Å². The number of aromatic nitrogens is 2. The Morgan fingerprint density at radius 3 is 2.67 bits per heavy atom. The van der Waals surface area contributed by atoms with Crippen molar-refractivity contribution >= 4 is 24.0 Å². The average molecular weight is 247 g/mol. The van der Waals surface area contributed by atoms with Gasteiger partial charge in [0.1, 0.15) is 0 Å². The third-order valence-electron chi connectivity index (χ3n) is 1.83. The first kappa shape index (κ1) is 14.0. The lowest BCUT2D eigenvalue weighted by Gasteiger charge is -2.02. The number of halogens is 2. The number of rotatable bonds is 2. The molecule has 1 heterocycles. The van der Waals surface area contributed by atoms with Crippen LogP contribution in [-0.2, 0) is 5.88 Å². The first-order valence-electron chi connectivity index (χ1n) is 4.05. The van der Waals surface area contributed by atoms with E-state index in [-0.39, 0.29) is 17.9 Å². The minimum atomic E-state index is 0. The van der Waals surface area contributed by atoms with Crippen LogP contribution in [0.2, 0.25) is 0 Å². The minimum Gasteiger partial charge on any atom is -0.412 e. The quantitative estimate of drug-likeness (QED) is 0.750. The van der Waals surface area contributed by atoms with Crippen LogP contribution in [0.1, 0.15) is 5.56 Å². The summed E-state index contributed by atoms with van der Waals surface area (Å²) >= 11 is 5.73. The van der Waals surface area contributed by atoms with Crippen molar-refractivity contribution in [1.29, 1.82) is 0 Å². The SMILES string of the molecule is Cl.ClCc1cccc(-n2cccn2)c1.O. The van der Waals surface area contributed by atoms with Crippen molar-refractivity contribution in [3.63, 3.8) is 0 Å². The van der Waals surface area contributed by atoms with Crippen LogP contribution in [0.3, 0.4) is 0 Å². The molecule has 0 unspecified atom stereocenters. The smallest absolute Gasteiger partial charge is 0.0648 e. The van der Waals surface area contributed by atoms with Crippen molar-refractivity contribution < 1.29 is 5.48 Å². The molecule has 3 nitrogen and oxygen atoms in total.